The third-order valence-corrected chi connectivity index (χ3v) is 6.87. The molecular formula is C21H25NO2S. The second kappa shape index (κ2) is 5.82. The topological polar surface area (TPSA) is 45.4 Å². The predicted octanol–water partition coefficient (Wildman–Crippen LogP) is 4.92. The fourth-order valence-electron chi connectivity index (χ4n) is 4.86. The van der Waals surface area contributed by atoms with Gasteiger partial charge in [0.05, 0.1) is 11.3 Å². The van der Waals surface area contributed by atoms with Crippen molar-refractivity contribution < 1.29 is 9.52 Å². The summed E-state index contributed by atoms with van der Waals surface area (Å²) >= 11 is 1.57. The largest absolute Gasteiger partial charge is 0.453 e. The Kier molecular flexibility index (Phi) is 3.68. The van der Waals surface area contributed by atoms with E-state index in [4.69, 9.17) is 4.42 Å². The van der Waals surface area contributed by atoms with Gasteiger partial charge in [-0.25, -0.2) is 0 Å². The summed E-state index contributed by atoms with van der Waals surface area (Å²) in [6, 6.07) is 4.50. The first-order chi connectivity index (χ1) is 12.1. The van der Waals surface area contributed by atoms with E-state index in [2.05, 4.69) is 10.8 Å². The molecule has 2 N–H and O–H groups in total. The fraction of sp³-hybridized carbons (Fsp3) is 0.524. The number of hydrogen-bond acceptors (Lipinski definition) is 4. The Hall–Kier alpha value is -1.39. The number of fused-ring (bicyclic) bond motifs is 3. The minimum Gasteiger partial charge on any atom is -0.453 e. The molecule has 3 aliphatic carbocycles. The first kappa shape index (κ1) is 15.8. The highest BCUT2D eigenvalue weighted by molar-refractivity contribution is 8.00. The van der Waals surface area contributed by atoms with Gasteiger partial charge >= 0.3 is 0 Å². The average Bonchev–Trinajstić information content (AvgIpc) is 3.29. The van der Waals surface area contributed by atoms with Crippen molar-refractivity contribution in [3.63, 3.8) is 0 Å². The summed E-state index contributed by atoms with van der Waals surface area (Å²) in [6.45, 7) is 1.90. The van der Waals surface area contributed by atoms with Crippen LogP contribution in [0.3, 0.4) is 0 Å². The van der Waals surface area contributed by atoms with Crippen LogP contribution in [-0.4, -0.2) is 5.11 Å². The molecule has 1 unspecified atom stereocenters. The zero-order chi connectivity index (χ0) is 17.0. The van der Waals surface area contributed by atoms with Gasteiger partial charge in [0.15, 0.2) is 5.09 Å². The quantitative estimate of drug-likeness (QED) is 0.767. The highest BCUT2D eigenvalue weighted by atomic mass is 32.2. The molecule has 0 amide bonds. The van der Waals surface area contributed by atoms with Gasteiger partial charge in [-0.1, -0.05) is 6.07 Å². The van der Waals surface area contributed by atoms with Gasteiger partial charge in [-0.3, -0.25) is 0 Å². The molecule has 1 atom stereocenters. The van der Waals surface area contributed by atoms with Crippen LogP contribution in [0.5, 0.6) is 0 Å². The maximum Gasteiger partial charge on any atom is 0.181 e. The number of rotatable bonds is 3. The number of benzene rings is 1. The molecule has 3 nitrogen and oxygen atoms in total. The molecule has 0 saturated heterocycles. The SMILES string of the molecule is CC1(O)CCCc2oc(SNc3c4c(cc5c3CCC5)CCC4)cc21. The van der Waals surface area contributed by atoms with Gasteiger partial charge in [0.1, 0.15) is 5.76 Å². The van der Waals surface area contributed by atoms with Crippen LogP contribution in [0.4, 0.5) is 5.69 Å². The lowest BCUT2D eigenvalue weighted by molar-refractivity contribution is 0.0362. The average molecular weight is 356 g/mol. The maximum absolute atomic E-state index is 10.6. The summed E-state index contributed by atoms with van der Waals surface area (Å²) in [6.07, 6.45) is 10.1. The molecule has 132 valence electrons. The van der Waals surface area contributed by atoms with Crippen molar-refractivity contribution in [3.05, 3.63) is 45.7 Å². The number of aliphatic hydroxyl groups is 1. The smallest absolute Gasteiger partial charge is 0.181 e. The van der Waals surface area contributed by atoms with Crippen molar-refractivity contribution >= 4 is 17.6 Å². The summed E-state index contributed by atoms with van der Waals surface area (Å²) < 4.78 is 9.68. The lowest BCUT2D eigenvalue weighted by atomic mass is 9.85. The Morgan fingerprint density at radius 1 is 1.00 bits per heavy atom. The van der Waals surface area contributed by atoms with E-state index in [1.807, 2.05) is 13.0 Å². The van der Waals surface area contributed by atoms with Gasteiger partial charge in [0.2, 0.25) is 0 Å². The van der Waals surface area contributed by atoms with E-state index in [0.29, 0.717) is 0 Å². The van der Waals surface area contributed by atoms with E-state index in [9.17, 15) is 5.11 Å². The van der Waals surface area contributed by atoms with Crippen LogP contribution in [0.2, 0.25) is 0 Å². The van der Waals surface area contributed by atoms with Crippen molar-refractivity contribution in [2.75, 3.05) is 4.72 Å². The molecule has 0 spiro atoms. The molecule has 2 aromatic rings. The van der Waals surface area contributed by atoms with Crippen molar-refractivity contribution in [3.8, 4) is 0 Å². The minimum absolute atomic E-state index is 0.745. The number of hydrogen-bond donors (Lipinski definition) is 2. The minimum atomic E-state index is -0.745. The Morgan fingerprint density at radius 3 is 2.40 bits per heavy atom. The molecule has 1 aromatic heterocycles. The molecular weight excluding hydrogens is 330 g/mol. The zero-order valence-corrected chi connectivity index (χ0v) is 15.6. The maximum atomic E-state index is 10.6. The highest BCUT2D eigenvalue weighted by Crippen LogP contribution is 2.42. The van der Waals surface area contributed by atoms with Crippen molar-refractivity contribution in [2.45, 2.75) is 75.4 Å². The lowest BCUT2D eigenvalue weighted by Crippen LogP contribution is -2.25. The third-order valence-electron chi connectivity index (χ3n) is 6.16. The van der Waals surface area contributed by atoms with Crippen LogP contribution in [0.1, 0.15) is 66.2 Å². The van der Waals surface area contributed by atoms with Gasteiger partial charge in [-0.2, -0.15) is 0 Å². The molecule has 0 radical (unpaired) electrons. The second-order valence-corrected chi connectivity index (χ2v) is 8.78. The zero-order valence-electron chi connectivity index (χ0n) is 14.8. The Bertz CT molecular complexity index is 805. The first-order valence-corrected chi connectivity index (χ1v) is 10.4. The number of nitrogens with one attached hydrogen (secondary N) is 1. The number of aryl methyl sites for hydroxylation is 3. The van der Waals surface area contributed by atoms with Crippen LogP contribution < -0.4 is 4.72 Å². The molecule has 0 aliphatic heterocycles. The van der Waals surface area contributed by atoms with Crippen molar-refractivity contribution in [1.82, 2.24) is 0 Å². The van der Waals surface area contributed by atoms with Gasteiger partial charge in [0, 0.05) is 23.9 Å². The van der Waals surface area contributed by atoms with E-state index >= 15 is 0 Å². The van der Waals surface area contributed by atoms with E-state index < -0.39 is 5.60 Å². The Balaban J connectivity index is 1.44. The predicted molar refractivity (Wildman–Crippen MR) is 101 cm³/mol. The molecule has 1 aromatic carbocycles. The van der Waals surface area contributed by atoms with Crippen LogP contribution in [0, 0.1) is 0 Å². The molecule has 0 bridgehead atoms. The van der Waals surface area contributed by atoms with E-state index in [1.165, 1.54) is 55.3 Å². The Labute approximate surface area is 153 Å². The normalized spacial score (nSPS) is 24.1. The summed E-state index contributed by atoms with van der Waals surface area (Å²) in [5.74, 6) is 0.962. The summed E-state index contributed by atoms with van der Waals surface area (Å²) in [4.78, 5) is 0. The monoisotopic (exact) mass is 355 g/mol. The summed E-state index contributed by atoms with van der Waals surface area (Å²) in [7, 11) is 0. The van der Waals surface area contributed by atoms with Crippen LogP contribution in [0.25, 0.3) is 0 Å². The highest BCUT2D eigenvalue weighted by Gasteiger charge is 2.33. The van der Waals surface area contributed by atoms with Gasteiger partial charge in [0.25, 0.3) is 0 Å². The van der Waals surface area contributed by atoms with E-state index in [-0.39, 0.29) is 0 Å². The molecule has 1 heterocycles. The van der Waals surface area contributed by atoms with Gasteiger partial charge in [-0.15, -0.1) is 0 Å². The number of furan rings is 1. The number of anilines is 1. The van der Waals surface area contributed by atoms with Gasteiger partial charge < -0.3 is 14.2 Å². The first-order valence-electron chi connectivity index (χ1n) is 9.57. The van der Waals surface area contributed by atoms with Crippen LogP contribution >= 0.6 is 11.9 Å². The van der Waals surface area contributed by atoms with Gasteiger partial charge in [-0.05, 0) is 86.6 Å². The fourth-order valence-corrected chi connectivity index (χ4v) is 5.63. The molecule has 5 rings (SSSR count). The third kappa shape index (κ3) is 2.61. The van der Waals surface area contributed by atoms with E-state index in [1.54, 1.807) is 23.1 Å². The lowest BCUT2D eigenvalue weighted by Gasteiger charge is -2.26. The Morgan fingerprint density at radius 2 is 1.72 bits per heavy atom. The second-order valence-electron chi connectivity index (χ2n) is 7.97. The molecule has 25 heavy (non-hydrogen) atoms. The molecule has 4 heteroatoms. The molecule has 0 saturated carbocycles. The summed E-state index contributed by atoms with van der Waals surface area (Å²) in [5, 5.41) is 11.5. The molecule has 0 fully saturated rings. The molecule has 3 aliphatic rings. The standard InChI is InChI=1S/C21H25NO2S/c1-21(23)10-4-9-18-17(21)12-19(24-18)25-22-20-15-7-2-5-13(15)11-14-6-3-8-16(14)20/h11-12,22-23H,2-10H2,1H3. The van der Waals surface area contributed by atoms with Crippen molar-refractivity contribution in [2.24, 2.45) is 0 Å². The summed E-state index contributed by atoms with van der Waals surface area (Å²) in [5.41, 5.74) is 7.73. The van der Waals surface area contributed by atoms with Crippen LogP contribution in [0.15, 0.2) is 21.6 Å². The van der Waals surface area contributed by atoms with E-state index in [0.717, 1.165) is 35.7 Å². The van der Waals surface area contributed by atoms with Crippen molar-refractivity contribution in [1.29, 1.82) is 0 Å². The van der Waals surface area contributed by atoms with Crippen LogP contribution in [-0.2, 0) is 37.7 Å².